The molecule has 0 spiro atoms. The summed E-state index contributed by atoms with van der Waals surface area (Å²) in [5.74, 6) is 0. The van der Waals surface area contributed by atoms with E-state index >= 15 is 0 Å². The Morgan fingerprint density at radius 1 is 1.29 bits per heavy atom. The molecule has 0 aliphatic rings. The highest BCUT2D eigenvalue weighted by Gasteiger charge is 2.01. The van der Waals surface area contributed by atoms with Gasteiger partial charge in [0.15, 0.2) is 0 Å². The maximum atomic E-state index is 9.14. The van der Waals surface area contributed by atoms with E-state index in [4.69, 9.17) is 9.84 Å². The molecule has 0 amide bonds. The standard InChI is InChI=1S/C14H23NO2/c1-12(16)6-5-9-15-10-13-7-3-4-8-14(13)11-17-2/h3-4,7-8,12,15-16H,5-6,9-11H2,1-2H3. The first-order valence-electron chi connectivity index (χ1n) is 6.18. The third-order valence-corrected chi connectivity index (χ3v) is 2.71. The maximum Gasteiger partial charge on any atom is 0.0716 e. The van der Waals surface area contributed by atoms with Crippen molar-refractivity contribution in [2.45, 2.75) is 39.0 Å². The quantitative estimate of drug-likeness (QED) is 0.680. The lowest BCUT2D eigenvalue weighted by Gasteiger charge is -2.10. The van der Waals surface area contributed by atoms with Gasteiger partial charge < -0.3 is 15.2 Å². The number of hydrogen-bond donors (Lipinski definition) is 2. The zero-order chi connectivity index (χ0) is 12.5. The maximum absolute atomic E-state index is 9.14. The van der Waals surface area contributed by atoms with Gasteiger partial charge in [0.05, 0.1) is 12.7 Å². The number of methoxy groups -OCH3 is 1. The molecule has 1 aromatic rings. The van der Waals surface area contributed by atoms with Crippen LogP contribution in [0.25, 0.3) is 0 Å². The second-order valence-corrected chi connectivity index (χ2v) is 4.37. The third-order valence-electron chi connectivity index (χ3n) is 2.71. The van der Waals surface area contributed by atoms with Crippen LogP contribution in [-0.4, -0.2) is 24.9 Å². The molecule has 2 N–H and O–H groups in total. The number of aliphatic hydroxyl groups excluding tert-OH is 1. The molecule has 0 saturated carbocycles. The topological polar surface area (TPSA) is 41.5 Å². The average molecular weight is 237 g/mol. The van der Waals surface area contributed by atoms with Crippen LogP contribution >= 0.6 is 0 Å². The zero-order valence-corrected chi connectivity index (χ0v) is 10.8. The van der Waals surface area contributed by atoms with E-state index < -0.39 is 0 Å². The summed E-state index contributed by atoms with van der Waals surface area (Å²) in [4.78, 5) is 0. The lowest BCUT2D eigenvalue weighted by atomic mass is 10.1. The molecular weight excluding hydrogens is 214 g/mol. The van der Waals surface area contributed by atoms with Gasteiger partial charge in [-0.15, -0.1) is 0 Å². The smallest absolute Gasteiger partial charge is 0.0716 e. The summed E-state index contributed by atoms with van der Waals surface area (Å²) in [6, 6.07) is 8.30. The summed E-state index contributed by atoms with van der Waals surface area (Å²) >= 11 is 0. The summed E-state index contributed by atoms with van der Waals surface area (Å²) in [6.45, 7) is 4.28. The summed E-state index contributed by atoms with van der Waals surface area (Å²) in [5, 5.41) is 12.5. The fourth-order valence-electron chi connectivity index (χ4n) is 1.77. The van der Waals surface area contributed by atoms with Crippen LogP contribution in [0.1, 0.15) is 30.9 Å². The molecule has 1 unspecified atom stereocenters. The molecule has 0 aliphatic carbocycles. The van der Waals surface area contributed by atoms with Crippen LogP contribution in [0.15, 0.2) is 24.3 Å². The van der Waals surface area contributed by atoms with Crippen LogP contribution < -0.4 is 5.32 Å². The zero-order valence-electron chi connectivity index (χ0n) is 10.8. The van der Waals surface area contributed by atoms with E-state index in [2.05, 4.69) is 17.4 Å². The van der Waals surface area contributed by atoms with Gasteiger partial charge in [0.1, 0.15) is 0 Å². The number of rotatable bonds is 8. The van der Waals surface area contributed by atoms with Crippen molar-refractivity contribution >= 4 is 0 Å². The summed E-state index contributed by atoms with van der Waals surface area (Å²) in [5.41, 5.74) is 2.52. The molecule has 17 heavy (non-hydrogen) atoms. The van der Waals surface area contributed by atoms with E-state index in [1.807, 2.05) is 19.1 Å². The van der Waals surface area contributed by atoms with Gasteiger partial charge in [-0.3, -0.25) is 0 Å². The highest BCUT2D eigenvalue weighted by molar-refractivity contribution is 5.26. The Morgan fingerprint density at radius 3 is 2.65 bits per heavy atom. The number of nitrogens with one attached hydrogen (secondary N) is 1. The van der Waals surface area contributed by atoms with Gasteiger partial charge in [0.25, 0.3) is 0 Å². The van der Waals surface area contributed by atoms with E-state index in [1.165, 1.54) is 11.1 Å². The van der Waals surface area contributed by atoms with E-state index in [0.717, 1.165) is 25.9 Å². The minimum absolute atomic E-state index is 0.197. The third kappa shape index (κ3) is 5.82. The van der Waals surface area contributed by atoms with Gasteiger partial charge in [-0.05, 0) is 37.4 Å². The summed E-state index contributed by atoms with van der Waals surface area (Å²) < 4.78 is 5.17. The Balaban J connectivity index is 2.30. The number of aliphatic hydroxyl groups is 1. The minimum atomic E-state index is -0.197. The minimum Gasteiger partial charge on any atom is -0.393 e. The summed E-state index contributed by atoms with van der Waals surface area (Å²) in [7, 11) is 1.72. The lowest BCUT2D eigenvalue weighted by molar-refractivity contribution is 0.181. The van der Waals surface area contributed by atoms with Crippen molar-refractivity contribution in [2.24, 2.45) is 0 Å². The second kappa shape index (κ2) is 8.23. The van der Waals surface area contributed by atoms with Gasteiger partial charge >= 0.3 is 0 Å². The first-order valence-corrected chi connectivity index (χ1v) is 6.18. The van der Waals surface area contributed by atoms with Crippen LogP contribution in [0.4, 0.5) is 0 Å². The Hall–Kier alpha value is -0.900. The SMILES string of the molecule is COCc1ccccc1CNCCCC(C)O. The van der Waals surface area contributed by atoms with Crippen LogP contribution in [0, 0.1) is 0 Å². The fraction of sp³-hybridized carbons (Fsp3) is 0.571. The van der Waals surface area contributed by atoms with E-state index in [9.17, 15) is 0 Å². The highest BCUT2D eigenvalue weighted by Crippen LogP contribution is 2.09. The van der Waals surface area contributed by atoms with Crippen LogP contribution in [0.2, 0.25) is 0 Å². The van der Waals surface area contributed by atoms with Crippen molar-refractivity contribution in [3.63, 3.8) is 0 Å². The molecular formula is C14H23NO2. The number of hydrogen-bond acceptors (Lipinski definition) is 3. The van der Waals surface area contributed by atoms with Gasteiger partial charge in [-0.1, -0.05) is 24.3 Å². The first kappa shape index (κ1) is 14.2. The number of benzene rings is 1. The van der Waals surface area contributed by atoms with Crippen LogP contribution in [-0.2, 0) is 17.9 Å². The molecule has 1 rings (SSSR count). The highest BCUT2D eigenvalue weighted by atomic mass is 16.5. The van der Waals surface area contributed by atoms with Crippen molar-refractivity contribution in [1.82, 2.24) is 5.32 Å². The Kier molecular flexibility index (Phi) is 6.86. The van der Waals surface area contributed by atoms with Crippen molar-refractivity contribution in [3.8, 4) is 0 Å². The monoisotopic (exact) mass is 237 g/mol. The molecule has 0 aliphatic heterocycles. The predicted molar refractivity (Wildman–Crippen MR) is 69.8 cm³/mol. The molecule has 1 atom stereocenters. The van der Waals surface area contributed by atoms with E-state index in [-0.39, 0.29) is 6.10 Å². The van der Waals surface area contributed by atoms with Crippen LogP contribution in [0.5, 0.6) is 0 Å². The molecule has 3 heteroatoms. The normalized spacial score (nSPS) is 12.6. The van der Waals surface area contributed by atoms with Gasteiger partial charge in [-0.2, -0.15) is 0 Å². The van der Waals surface area contributed by atoms with Crippen molar-refractivity contribution in [3.05, 3.63) is 35.4 Å². The van der Waals surface area contributed by atoms with Crippen molar-refractivity contribution in [2.75, 3.05) is 13.7 Å². The lowest BCUT2D eigenvalue weighted by Crippen LogP contribution is -2.17. The van der Waals surface area contributed by atoms with Gasteiger partial charge in [0.2, 0.25) is 0 Å². The van der Waals surface area contributed by atoms with E-state index in [0.29, 0.717) is 6.61 Å². The summed E-state index contributed by atoms with van der Waals surface area (Å²) in [6.07, 6.45) is 1.66. The predicted octanol–water partition coefficient (Wildman–Crippen LogP) is 2.08. The van der Waals surface area contributed by atoms with Crippen LogP contribution in [0.3, 0.4) is 0 Å². The molecule has 0 radical (unpaired) electrons. The number of ether oxygens (including phenoxy) is 1. The Bertz CT molecular complexity index is 313. The van der Waals surface area contributed by atoms with Gasteiger partial charge in [0, 0.05) is 13.7 Å². The molecule has 0 fully saturated rings. The molecule has 0 heterocycles. The second-order valence-electron chi connectivity index (χ2n) is 4.37. The molecule has 0 bridgehead atoms. The largest absolute Gasteiger partial charge is 0.393 e. The van der Waals surface area contributed by atoms with Gasteiger partial charge in [-0.25, -0.2) is 0 Å². The molecule has 3 nitrogen and oxygen atoms in total. The van der Waals surface area contributed by atoms with Crippen molar-refractivity contribution in [1.29, 1.82) is 0 Å². The molecule has 0 saturated heterocycles. The molecule has 96 valence electrons. The average Bonchev–Trinajstić information content (AvgIpc) is 2.31. The Morgan fingerprint density at radius 2 is 2.00 bits per heavy atom. The van der Waals surface area contributed by atoms with E-state index in [1.54, 1.807) is 7.11 Å². The van der Waals surface area contributed by atoms with Crippen molar-refractivity contribution < 1.29 is 9.84 Å². The molecule has 0 aromatic heterocycles. The molecule has 1 aromatic carbocycles. The Labute approximate surface area is 104 Å². The fourth-order valence-corrected chi connectivity index (χ4v) is 1.77. The first-order chi connectivity index (χ1) is 8.24.